The number of benzene rings is 1. The highest BCUT2D eigenvalue weighted by atomic mass is 16.3. The van der Waals surface area contributed by atoms with Gasteiger partial charge in [-0.25, -0.2) is 4.98 Å². The quantitative estimate of drug-likeness (QED) is 0.802. The van der Waals surface area contributed by atoms with Gasteiger partial charge in [0.05, 0.1) is 22.3 Å². The summed E-state index contributed by atoms with van der Waals surface area (Å²) in [7, 11) is 0. The van der Waals surface area contributed by atoms with Crippen LogP contribution in [0.5, 0.6) is 0 Å². The molecule has 0 atom stereocenters. The van der Waals surface area contributed by atoms with Crippen LogP contribution in [-0.4, -0.2) is 20.7 Å². The Hall–Kier alpha value is -1.48. The van der Waals surface area contributed by atoms with Gasteiger partial charge in [0.2, 0.25) is 0 Å². The Bertz CT molecular complexity index is 506. The van der Waals surface area contributed by atoms with E-state index in [0.717, 1.165) is 29.6 Å². The normalized spacial score (nSPS) is 17.9. The molecule has 0 bridgehead atoms. The Morgan fingerprint density at radius 3 is 2.67 bits per heavy atom. The van der Waals surface area contributed by atoms with Crippen molar-refractivity contribution in [2.75, 3.05) is 0 Å². The maximum atomic E-state index is 9.79. The van der Waals surface area contributed by atoms with Crippen LogP contribution in [0.3, 0.4) is 0 Å². The molecule has 2 aromatic rings. The Morgan fingerprint density at radius 2 is 1.93 bits per heavy atom. The second-order valence-electron chi connectivity index (χ2n) is 4.25. The summed E-state index contributed by atoms with van der Waals surface area (Å²) in [4.78, 5) is 8.80. The zero-order valence-corrected chi connectivity index (χ0v) is 8.35. The highest BCUT2D eigenvalue weighted by Gasteiger charge is 2.40. The van der Waals surface area contributed by atoms with Crippen LogP contribution in [0.2, 0.25) is 0 Å². The molecule has 0 radical (unpaired) electrons. The largest absolute Gasteiger partial charge is 0.389 e. The molecule has 0 amide bonds. The van der Waals surface area contributed by atoms with Crippen molar-refractivity contribution in [3.8, 4) is 0 Å². The Balaban J connectivity index is 1.99. The van der Waals surface area contributed by atoms with E-state index in [4.69, 9.17) is 0 Å². The van der Waals surface area contributed by atoms with Gasteiger partial charge in [-0.1, -0.05) is 12.1 Å². The number of fused-ring (bicyclic) bond motifs is 1. The van der Waals surface area contributed by atoms with Crippen molar-refractivity contribution in [1.82, 2.24) is 9.97 Å². The van der Waals surface area contributed by atoms with Crippen molar-refractivity contribution in [1.29, 1.82) is 0 Å². The fraction of sp³-hybridized carbons (Fsp3) is 0.333. The van der Waals surface area contributed by atoms with Crippen molar-refractivity contribution in [3.05, 3.63) is 36.2 Å². The molecule has 3 nitrogen and oxygen atoms in total. The Morgan fingerprint density at radius 1 is 1.20 bits per heavy atom. The van der Waals surface area contributed by atoms with Gasteiger partial charge in [0, 0.05) is 12.6 Å². The fourth-order valence-corrected chi connectivity index (χ4v) is 1.74. The number of hydrogen-bond acceptors (Lipinski definition) is 3. The van der Waals surface area contributed by atoms with Crippen molar-refractivity contribution < 1.29 is 5.11 Å². The minimum absolute atomic E-state index is 0.489. The van der Waals surface area contributed by atoms with Crippen LogP contribution >= 0.6 is 0 Å². The molecular weight excluding hydrogens is 188 g/mol. The standard InChI is InChI=1S/C12H12N2O/c15-12(5-6-12)7-9-8-13-10-3-1-2-4-11(10)14-9/h1-4,8,15H,5-7H2. The lowest BCUT2D eigenvalue weighted by Gasteiger charge is -2.06. The molecular formula is C12H12N2O. The summed E-state index contributed by atoms with van der Waals surface area (Å²) in [5.41, 5.74) is 2.20. The van der Waals surface area contributed by atoms with Crippen molar-refractivity contribution in [2.24, 2.45) is 0 Å². The maximum absolute atomic E-state index is 9.79. The van der Waals surface area contributed by atoms with Gasteiger partial charge < -0.3 is 5.11 Å². The van der Waals surface area contributed by atoms with E-state index in [1.54, 1.807) is 6.20 Å². The number of rotatable bonds is 2. The number of aromatic nitrogens is 2. The third-order valence-corrected chi connectivity index (χ3v) is 2.84. The first-order valence-electron chi connectivity index (χ1n) is 5.18. The highest BCUT2D eigenvalue weighted by Crippen LogP contribution is 2.37. The van der Waals surface area contributed by atoms with E-state index in [1.807, 2.05) is 24.3 Å². The molecule has 0 saturated heterocycles. The Kier molecular flexibility index (Phi) is 1.76. The molecule has 1 heterocycles. The molecule has 0 spiro atoms. The number of para-hydroxylation sites is 2. The molecule has 0 unspecified atom stereocenters. The second-order valence-corrected chi connectivity index (χ2v) is 4.25. The molecule has 1 N–H and O–H groups in total. The van der Waals surface area contributed by atoms with Crippen LogP contribution in [-0.2, 0) is 6.42 Å². The fourth-order valence-electron chi connectivity index (χ4n) is 1.74. The summed E-state index contributed by atoms with van der Waals surface area (Å²) in [5.74, 6) is 0. The summed E-state index contributed by atoms with van der Waals surface area (Å²) < 4.78 is 0. The molecule has 1 saturated carbocycles. The first-order chi connectivity index (χ1) is 7.25. The first-order valence-corrected chi connectivity index (χ1v) is 5.18. The summed E-state index contributed by atoms with van der Waals surface area (Å²) >= 11 is 0. The lowest BCUT2D eigenvalue weighted by Crippen LogP contribution is -2.12. The lowest BCUT2D eigenvalue weighted by molar-refractivity contribution is 0.150. The van der Waals surface area contributed by atoms with E-state index in [2.05, 4.69) is 9.97 Å². The van der Waals surface area contributed by atoms with E-state index < -0.39 is 5.60 Å². The number of hydrogen-bond donors (Lipinski definition) is 1. The molecule has 0 aliphatic heterocycles. The van der Waals surface area contributed by atoms with Crippen molar-refractivity contribution >= 4 is 11.0 Å². The van der Waals surface area contributed by atoms with Crippen LogP contribution in [0, 0.1) is 0 Å². The van der Waals surface area contributed by atoms with Gasteiger partial charge in [0.15, 0.2) is 0 Å². The van der Waals surface area contributed by atoms with Gasteiger partial charge in [0.1, 0.15) is 0 Å². The minimum Gasteiger partial charge on any atom is -0.389 e. The van der Waals surface area contributed by atoms with Gasteiger partial charge in [-0.15, -0.1) is 0 Å². The smallest absolute Gasteiger partial charge is 0.0890 e. The first kappa shape index (κ1) is 8.80. The average Bonchev–Trinajstić information content (AvgIpc) is 2.96. The predicted molar refractivity (Wildman–Crippen MR) is 57.4 cm³/mol. The third-order valence-electron chi connectivity index (χ3n) is 2.84. The van der Waals surface area contributed by atoms with E-state index in [0.29, 0.717) is 6.42 Å². The van der Waals surface area contributed by atoms with Crippen molar-refractivity contribution in [2.45, 2.75) is 24.9 Å². The zero-order chi connectivity index (χ0) is 10.3. The topological polar surface area (TPSA) is 46.0 Å². The van der Waals surface area contributed by atoms with Crippen LogP contribution in [0.4, 0.5) is 0 Å². The molecule has 1 fully saturated rings. The maximum Gasteiger partial charge on any atom is 0.0890 e. The molecule has 1 aliphatic carbocycles. The lowest BCUT2D eigenvalue weighted by atomic mass is 10.2. The highest BCUT2D eigenvalue weighted by molar-refractivity contribution is 5.73. The van der Waals surface area contributed by atoms with Gasteiger partial charge >= 0.3 is 0 Å². The summed E-state index contributed by atoms with van der Waals surface area (Å²) in [5, 5.41) is 9.79. The second kappa shape index (κ2) is 3.00. The van der Waals surface area contributed by atoms with Gasteiger partial charge in [-0.3, -0.25) is 4.98 Å². The van der Waals surface area contributed by atoms with Crippen LogP contribution in [0.25, 0.3) is 11.0 Å². The van der Waals surface area contributed by atoms with Gasteiger partial charge in [-0.05, 0) is 25.0 Å². The van der Waals surface area contributed by atoms with Gasteiger partial charge in [-0.2, -0.15) is 0 Å². The average molecular weight is 200 g/mol. The molecule has 15 heavy (non-hydrogen) atoms. The van der Waals surface area contributed by atoms with Crippen LogP contribution < -0.4 is 0 Å². The van der Waals surface area contributed by atoms with E-state index in [1.165, 1.54) is 0 Å². The Labute approximate surface area is 87.8 Å². The monoisotopic (exact) mass is 200 g/mol. The summed E-state index contributed by atoms with van der Waals surface area (Å²) in [6.07, 6.45) is 4.17. The van der Waals surface area contributed by atoms with E-state index in [9.17, 15) is 5.11 Å². The van der Waals surface area contributed by atoms with Crippen molar-refractivity contribution in [3.63, 3.8) is 0 Å². The summed E-state index contributed by atoms with van der Waals surface area (Å²) in [6.45, 7) is 0. The van der Waals surface area contributed by atoms with Crippen LogP contribution in [0.15, 0.2) is 30.5 Å². The molecule has 76 valence electrons. The molecule has 3 rings (SSSR count). The van der Waals surface area contributed by atoms with Gasteiger partial charge in [0.25, 0.3) is 0 Å². The predicted octanol–water partition coefficient (Wildman–Crippen LogP) is 1.70. The molecule has 1 aromatic carbocycles. The molecule has 1 aromatic heterocycles. The third kappa shape index (κ3) is 1.70. The SMILES string of the molecule is OC1(Cc2cnc3ccccc3n2)CC1. The minimum atomic E-state index is -0.489. The zero-order valence-electron chi connectivity index (χ0n) is 8.35. The molecule has 1 aliphatic rings. The van der Waals surface area contributed by atoms with E-state index >= 15 is 0 Å². The van der Waals surface area contributed by atoms with E-state index in [-0.39, 0.29) is 0 Å². The number of aliphatic hydroxyl groups is 1. The van der Waals surface area contributed by atoms with Crippen LogP contribution in [0.1, 0.15) is 18.5 Å². The number of nitrogens with zero attached hydrogens (tertiary/aromatic N) is 2. The summed E-state index contributed by atoms with van der Waals surface area (Å²) in [6, 6.07) is 7.79. The molecule has 3 heteroatoms.